The van der Waals surface area contributed by atoms with E-state index in [4.69, 9.17) is 12.2 Å². The molecule has 0 amide bonds. The quantitative estimate of drug-likeness (QED) is 0.784. The highest BCUT2D eigenvalue weighted by molar-refractivity contribution is 7.80. The summed E-state index contributed by atoms with van der Waals surface area (Å²) in [7, 11) is 0. The van der Waals surface area contributed by atoms with Gasteiger partial charge in [-0.15, -0.1) is 0 Å². The van der Waals surface area contributed by atoms with Crippen molar-refractivity contribution in [2.45, 2.75) is 45.6 Å². The van der Waals surface area contributed by atoms with Gasteiger partial charge in [-0.05, 0) is 80.1 Å². The number of fused-ring (bicyclic) bond motifs is 1. The van der Waals surface area contributed by atoms with Gasteiger partial charge in [0, 0.05) is 5.69 Å². The zero-order chi connectivity index (χ0) is 16.2. The van der Waals surface area contributed by atoms with E-state index < -0.39 is 0 Å². The first-order chi connectivity index (χ1) is 11.1. The number of thiocarbonyl (C=S) groups is 1. The Hall–Kier alpha value is -1.87. The van der Waals surface area contributed by atoms with Crippen LogP contribution in [0.15, 0.2) is 42.5 Å². The van der Waals surface area contributed by atoms with Gasteiger partial charge >= 0.3 is 0 Å². The molecule has 0 heterocycles. The number of anilines is 1. The Balaban J connectivity index is 1.65. The molecule has 0 radical (unpaired) electrons. The predicted octanol–water partition coefficient (Wildman–Crippen LogP) is 4.92. The number of benzene rings is 2. The highest BCUT2D eigenvalue weighted by Crippen LogP contribution is 2.25. The minimum Gasteiger partial charge on any atom is -0.356 e. The number of rotatable bonds is 3. The largest absolute Gasteiger partial charge is 0.356 e. The molecule has 120 valence electrons. The van der Waals surface area contributed by atoms with Crippen molar-refractivity contribution in [2.75, 3.05) is 5.32 Å². The fraction of sp³-hybridized carbons (Fsp3) is 0.350. The Morgan fingerprint density at radius 2 is 1.78 bits per heavy atom. The normalized spacial score (nSPS) is 14.7. The average molecular weight is 324 g/mol. The van der Waals surface area contributed by atoms with E-state index in [9.17, 15) is 0 Å². The van der Waals surface area contributed by atoms with Gasteiger partial charge in [0.05, 0.1) is 6.04 Å². The molecule has 0 spiro atoms. The molecular formula is C20H24N2S. The molecule has 2 aromatic rings. The first-order valence-corrected chi connectivity index (χ1v) is 8.79. The molecule has 2 nitrogen and oxygen atoms in total. The van der Waals surface area contributed by atoms with Gasteiger partial charge in [0.15, 0.2) is 5.11 Å². The van der Waals surface area contributed by atoms with E-state index in [2.05, 4.69) is 48.7 Å². The van der Waals surface area contributed by atoms with Crippen molar-refractivity contribution < 1.29 is 0 Å². The Bertz CT molecular complexity index is 709. The third kappa shape index (κ3) is 3.91. The van der Waals surface area contributed by atoms with Crippen molar-refractivity contribution in [3.8, 4) is 0 Å². The maximum atomic E-state index is 5.47. The smallest absolute Gasteiger partial charge is 0.171 e. The molecule has 0 aliphatic heterocycles. The van der Waals surface area contributed by atoms with Crippen molar-refractivity contribution in [2.24, 2.45) is 0 Å². The van der Waals surface area contributed by atoms with Gasteiger partial charge in [0.2, 0.25) is 0 Å². The number of para-hydroxylation sites is 1. The molecule has 0 unspecified atom stereocenters. The van der Waals surface area contributed by atoms with Crippen LogP contribution in [0.3, 0.4) is 0 Å². The Labute approximate surface area is 144 Å². The second-order valence-electron chi connectivity index (χ2n) is 6.37. The minimum absolute atomic E-state index is 0.200. The highest BCUT2D eigenvalue weighted by atomic mass is 32.1. The first kappa shape index (κ1) is 16.0. The zero-order valence-corrected chi connectivity index (χ0v) is 14.7. The lowest BCUT2D eigenvalue weighted by atomic mass is 9.89. The molecule has 1 atom stereocenters. The summed E-state index contributed by atoms with van der Waals surface area (Å²) in [6, 6.07) is 15.3. The van der Waals surface area contributed by atoms with Gasteiger partial charge in [0.1, 0.15) is 0 Å². The van der Waals surface area contributed by atoms with Crippen molar-refractivity contribution >= 4 is 23.0 Å². The molecule has 2 aromatic carbocycles. The molecule has 1 aliphatic rings. The zero-order valence-electron chi connectivity index (χ0n) is 13.9. The molecule has 0 aromatic heterocycles. The third-order valence-corrected chi connectivity index (χ3v) is 4.83. The average Bonchev–Trinajstić information content (AvgIpc) is 2.56. The van der Waals surface area contributed by atoms with Gasteiger partial charge in [-0.1, -0.05) is 36.4 Å². The van der Waals surface area contributed by atoms with Gasteiger partial charge < -0.3 is 10.6 Å². The van der Waals surface area contributed by atoms with Gasteiger partial charge in [-0.3, -0.25) is 0 Å². The molecule has 1 aliphatic carbocycles. The number of aryl methyl sites for hydroxylation is 3. The lowest BCUT2D eigenvalue weighted by Gasteiger charge is -2.21. The lowest BCUT2D eigenvalue weighted by molar-refractivity contribution is 0.675. The van der Waals surface area contributed by atoms with Gasteiger partial charge in [-0.2, -0.15) is 0 Å². The SMILES string of the molecule is Cc1ccccc1NC(=S)N[C@H](C)c1ccc2c(c1)CCCC2. The van der Waals surface area contributed by atoms with Crippen molar-refractivity contribution in [1.82, 2.24) is 5.32 Å². The Kier molecular flexibility index (Phi) is 4.97. The lowest BCUT2D eigenvalue weighted by Crippen LogP contribution is -2.31. The Morgan fingerprint density at radius 1 is 1.04 bits per heavy atom. The molecular weight excluding hydrogens is 300 g/mol. The van der Waals surface area contributed by atoms with Crippen LogP contribution >= 0.6 is 12.2 Å². The van der Waals surface area contributed by atoms with Crippen molar-refractivity contribution in [3.05, 3.63) is 64.7 Å². The summed E-state index contributed by atoms with van der Waals surface area (Å²) in [6.45, 7) is 4.24. The fourth-order valence-electron chi connectivity index (χ4n) is 3.17. The van der Waals surface area contributed by atoms with Crippen molar-refractivity contribution in [3.63, 3.8) is 0 Å². The molecule has 0 saturated carbocycles. The molecule has 0 fully saturated rings. The first-order valence-electron chi connectivity index (χ1n) is 8.38. The molecule has 3 rings (SSSR count). The van der Waals surface area contributed by atoms with Crippen LogP contribution in [0.4, 0.5) is 5.69 Å². The van der Waals surface area contributed by atoms with E-state index in [-0.39, 0.29) is 6.04 Å². The van der Waals surface area contributed by atoms with Crippen LogP contribution in [-0.4, -0.2) is 5.11 Å². The molecule has 0 saturated heterocycles. The Morgan fingerprint density at radius 3 is 2.57 bits per heavy atom. The second kappa shape index (κ2) is 7.14. The van der Waals surface area contributed by atoms with Gasteiger partial charge in [-0.25, -0.2) is 0 Å². The molecule has 0 bridgehead atoms. The van der Waals surface area contributed by atoms with Crippen LogP contribution in [0, 0.1) is 6.92 Å². The summed E-state index contributed by atoms with van der Waals surface area (Å²) in [5.74, 6) is 0. The van der Waals surface area contributed by atoms with E-state index in [1.807, 2.05) is 18.2 Å². The van der Waals surface area contributed by atoms with Crippen LogP contribution in [0.25, 0.3) is 0 Å². The summed E-state index contributed by atoms with van der Waals surface area (Å²) >= 11 is 5.47. The predicted molar refractivity (Wildman–Crippen MR) is 102 cm³/mol. The summed E-state index contributed by atoms with van der Waals surface area (Å²) in [6.07, 6.45) is 5.07. The molecule has 2 N–H and O–H groups in total. The summed E-state index contributed by atoms with van der Waals surface area (Å²) in [4.78, 5) is 0. The van der Waals surface area contributed by atoms with Crippen LogP contribution in [0.2, 0.25) is 0 Å². The third-order valence-electron chi connectivity index (χ3n) is 4.61. The monoisotopic (exact) mass is 324 g/mol. The van der Waals surface area contributed by atoms with E-state index in [0.29, 0.717) is 5.11 Å². The summed E-state index contributed by atoms with van der Waals surface area (Å²) < 4.78 is 0. The highest BCUT2D eigenvalue weighted by Gasteiger charge is 2.13. The topological polar surface area (TPSA) is 24.1 Å². The maximum absolute atomic E-state index is 5.47. The fourth-order valence-corrected chi connectivity index (χ4v) is 3.46. The molecule has 23 heavy (non-hydrogen) atoms. The van der Waals surface area contributed by atoms with E-state index in [1.54, 1.807) is 0 Å². The van der Waals surface area contributed by atoms with Gasteiger partial charge in [0.25, 0.3) is 0 Å². The number of hydrogen-bond donors (Lipinski definition) is 2. The number of nitrogens with one attached hydrogen (secondary N) is 2. The van der Waals surface area contributed by atoms with Crippen LogP contribution in [0.1, 0.15) is 48.1 Å². The second-order valence-corrected chi connectivity index (χ2v) is 6.78. The van der Waals surface area contributed by atoms with Crippen LogP contribution in [-0.2, 0) is 12.8 Å². The summed E-state index contributed by atoms with van der Waals surface area (Å²) in [5, 5.41) is 7.36. The molecule has 3 heteroatoms. The van der Waals surface area contributed by atoms with E-state index in [1.165, 1.54) is 47.9 Å². The number of hydrogen-bond acceptors (Lipinski definition) is 1. The van der Waals surface area contributed by atoms with E-state index >= 15 is 0 Å². The van der Waals surface area contributed by atoms with Crippen LogP contribution < -0.4 is 10.6 Å². The van der Waals surface area contributed by atoms with Crippen LogP contribution in [0.5, 0.6) is 0 Å². The standard InChI is InChI=1S/C20H24N2S/c1-14-7-3-6-10-19(14)22-20(23)21-15(2)17-12-11-16-8-4-5-9-18(16)13-17/h3,6-7,10-13,15H,4-5,8-9H2,1-2H3,(H2,21,22,23)/t15-/m1/s1. The summed E-state index contributed by atoms with van der Waals surface area (Å²) in [5.41, 5.74) is 6.59. The maximum Gasteiger partial charge on any atom is 0.171 e. The minimum atomic E-state index is 0.200. The van der Waals surface area contributed by atoms with Crippen molar-refractivity contribution in [1.29, 1.82) is 0 Å². The van der Waals surface area contributed by atoms with E-state index in [0.717, 1.165) is 5.69 Å².